The van der Waals surface area contributed by atoms with Gasteiger partial charge in [0.05, 0.1) is 0 Å². The second-order valence-corrected chi connectivity index (χ2v) is 4.24. The molecule has 2 rings (SSSR count). The zero-order valence-corrected chi connectivity index (χ0v) is 10.6. The highest BCUT2D eigenvalue weighted by Crippen LogP contribution is 2.27. The number of rotatable bonds is 3. The lowest BCUT2D eigenvalue weighted by molar-refractivity contribution is -0.165. The van der Waals surface area contributed by atoms with Gasteiger partial charge in [0, 0.05) is 35.3 Å². The second-order valence-electron chi connectivity index (χ2n) is 4.24. The first-order valence-corrected chi connectivity index (χ1v) is 5.94. The molecule has 0 saturated carbocycles. The number of halogens is 3. The Kier molecular flexibility index (Phi) is 3.57. The molecule has 0 saturated heterocycles. The Morgan fingerprint density at radius 2 is 2.00 bits per heavy atom. The molecule has 106 valence electrons. The second kappa shape index (κ2) is 5.03. The van der Waals surface area contributed by atoms with Gasteiger partial charge in [0.25, 0.3) is 5.78 Å². The molecule has 0 aliphatic heterocycles. The summed E-state index contributed by atoms with van der Waals surface area (Å²) in [6.07, 6.45) is -3.25. The van der Waals surface area contributed by atoms with Crippen LogP contribution in [-0.4, -0.2) is 21.6 Å². The first-order valence-electron chi connectivity index (χ1n) is 5.94. The minimum Gasteiger partial charge on any atom is -0.507 e. The fourth-order valence-electron chi connectivity index (χ4n) is 2.00. The van der Waals surface area contributed by atoms with Crippen molar-refractivity contribution < 1.29 is 23.1 Å². The summed E-state index contributed by atoms with van der Waals surface area (Å²) in [6.45, 7) is 2.47. The quantitative estimate of drug-likeness (QED) is 0.689. The van der Waals surface area contributed by atoms with E-state index in [1.807, 2.05) is 6.92 Å². The van der Waals surface area contributed by atoms with Gasteiger partial charge in [0.2, 0.25) is 0 Å². The summed E-state index contributed by atoms with van der Waals surface area (Å²) in [5.74, 6) is -2.76. The molecule has 1 N–H and O–H groups in total. The summed E-state index contributed by atoms with van der Waals surface area (Å²) in [7, 11) is 0. The number of hydrogen-bond acceptors (Lipinski definition) is 2. The average molecular weight is 283 g/mol. The third-order valence-electron chi connectivity index (χ3n) is 2.95. The molecule has 0 fully saturated rings. The smallest absolute Gasteiger partial charge is 0.454 e. The van der Waals surface area contributed by atoms with Crippen LogP contribution in [0.15, 0.2) is 36.5 Å². The van der Waals surface area contributed by atoms with Gasteiger partial charge in [0.1, 0.15) is 5.76 Å². The van der Waals surface area contributed by atoms with E-state index in [1.54, 1.807) is 28.8 Å². The minimum absolute atomic E-state index is 0.208. The number of ketones is 1. The standard InChI is InChI=1S/C14H12F3NO2/c1-2-18-8-10(9-5-3-4-6-11(9)18)12(19)7-13(20)14(15,16)17/h3-8,19H,2H2,1H3/b12-7-. The van der Waals surface area contributed by atoms with Crippen LogP contribution >= 0.6 is 0 Å². The highest BCUT2D eigenvalue weighted by atomic mass is 19.4. The number of aryl methyl sites for hydroxylation is 1. The Bertz CT molecular complexity index is 683. The number of alkyl halides is 3. The van der Waals surface area contributed by atoms with Crippen molar-refractivity contribution in [1.29, 1.82) is 0 Å². The van der Waals surface area contributed by atoms with Crippen LogP contribution in [-0.2, 0) is 11.3 Å². The number of para-hydroxylation sites is 1. The molecule has 0 atom stereocenters. The summed E-state index contributed by atoms with van der Waals surface area (Å²) in [4.78, 5) is 10.9. The van der Waals surface area contributed by atoms with Crippen LogP contribution in [0, 0.1) is 0 Å². The first-order chi connectivity index (χ1) is 9.34. The van der Waals surface area contributed by atoms with E-state index in [-0.39, 0.29) is 11.6 Å². The number of carbonyl (C=O) groups is 1. The van der Waals surface area contributed by atoms with Gasteiger partial charge in [-0.15, -0.1) is 0 Å². The predicted molar refractivity (Wildman–Crippen MR) is 69.3 cm³/mol. The number of aliphatic hydroxyl groups excluding tert-OH is 1. The molecule has 0 spiro atoms. The van der Waals surface area contributed by atoms with Crippen molar-refractivity contribution in [2.75, 3.05) is 0 Å². The summed E-state index contributed by atoms with van der Waals surface area (Å²) in [5.41, 5.74) is 0.990. The lowest BCUT2D eigenvalue weighted by Gasteiger charge is -2.02. The zero-order chi connectivity index (χ0) is 14.9. The monoisotopic (exact) mass is 283 g/mol. The Morgan fingerprint density at radius 1 is 1.35 bits per heavy atom. The molecule has 20 heavy (non-hydrogen) atoms. The van der Waals surface area contributed by atoms with Crippen molar-refractivity contribution >= 4 is 22.4 Å². The van der Waals surface area contributed by atoms with E-state index in [4.69, 9.17) is 0 Å². The van der Waals surface area contributed by atoms with Crippen molar-refractivity contribution in [2.24, 2.45) is 0 Å². The fourth-order valence-corrected chi connectivity index (χ4v) is 2.00. The Labute approximate surface area is 112 Å². The molecule has 1 heterocycles. The summed E-state index contributed by atoms with van der Waals surface area (Å²) >= 11 is 0. The molecule has 0 amide bonds. The molecule has 6 heteroatoms. The molecule has 1 aromatic heterocycles. The number of hydrogen-bond donors (Lipinski definition) is 1. The van der Waals surface area contributed by atoms with Crippen LogP contribution in [0.5, 0.6) is 0 Å². The van der Waals surface area contributed by atoms with Crippen molar-refractivity contribution in [2.45, 2.75) is 19.6 Å². The molecule has 0 aliphatic carbocycles. The summed E-state index contributed by atoms with van der Waals surface area (Å²) in [5, 5.41) is 10.4. The topological polar surface area (TPSA) is 42.2 Å². The van der Waals surface area contributed by atoms with E-state index in [2.05, 4.69) is 0 Å². The third kappa shape index (κ3) is 2.54. The number of nitrogens with zero attached hydrogens (tertiary/aromatic N) is 1. The predicted octanol–water partition coefficient (Wildman–Crippen LogP) is 3.69. The molecular formula is C14H12F3NO2. The van der Waals surface area contributed by atoms with E-state index >= 15 is 0 Å². The highest BCUT2D eigenvalue weighted by molar-refractivity contribution is 6.02. The average Bonchev–Trinajstić information content (AvgIpc) is 2.76. The van der Waals surface area contributed by atoms with Crippen molar-refractivity contribution in [3.05, 3.63) is 42.1 Å². The third-order valence-corrected chi connectivity index (χ3v) is 2.95. The van der Waals surface area contributed by atoms with E-state index < -0.39 is 17.7 Å². The van der Waals surface area contributed by atoms with E-state index in [0.29, 0.717) is 11.9 Å². The number of benzene rings is 1. The van der Waals surface area contributed by atoms with Gasteiger partial charge < -0.3 is 9.67 Å². The van der Waals surface area contributed by atoms with Gasteiger partial charge in [-0.1, -0.05) is 18.2 Å². The van der Waals surface area contributed by atoms with Gasteiger partial charge in [-0.25, -0.2) is 0 Å². The summed E-state index contributed by atoms with van der Waals surface area (Å²) < 4.78 is 38.4. The first kappa shape index (κ1) is 14.2. The lowest BCUT2D eigenvalue weighted by atomic mass is 10.1. The Morgan fingerprint density at radius 3 is 2.60 bits per heavy atom. The zero-order valence-electron chi connectivity index (χ0n) is 10.6. The molecule has 3 nitrogen and oxygen atoms in total. The van der Waals surface area contributed by atoms with Crippen LogP contribution in [0.3, 0.4) is 0 Å². The van der Waals surface area contributed by atoms with Gasteiger partial charge >= 0.3 is 6.18 Å². The number of fused-ring (bicyclic) bond motifs is 1. The van der Waals surface area contributed by atoms with Crippen LogP contribution in [0.1, 0.15) is 12.5 Å². The molecule has 0 bridgehead atoms. The highest BCUT2D eigenvalue weighted by Gasteiger charge is 2.37. The van der Waals surface area contributed by atoms with Crippen molar-refractivity contribution in [3.8, 4) is 0 Å². The normalized spacial score (nSPS) is 12.9. The van der Waals surface area contributed by atoms with Crippen LogP contribution in [0.2, 0.25) is 0 Å². The SMILES string of the molecule is CCn1cc(/C(O)=C/C(=O)C(F)(F)F)c2ccccc21. The fraction of sp³-hybridized carbons (Fsp3) is 0.214. The van der Waals surface area contributed by atoms with Crippen molar-refractivity contribution in [1.82, 2.24) is 4.57 Å². The number of aromatic nitrogens is 1. The van der Waals surface area contributed by atoms with E-state index in [0.717, 1.165) is 5.52 Å². The van der Waals surface area contributed by atoms with E-state index in [1.165, 1.54) is 6.20 Å². The molecule has 0 aliphatic rings. The largest absolute Gasteiger partial charge is 0.507 e. The lowest BCUT2D eigenvalue weighted by Crippen LogP contribution is -2.20. The van der Waals surface area contributed by atoms with Gasteiger partial charge in [-0.2, -0.15) is 13.2 Å². The van der Waals surface area contributed by atoms with Crippen LogP contribution in [0.25, 0.3) is 16.7 Å². The molecule has 0 radical (unpaired) electrons. The minimum atomic E-state index is -4.99. The Balaban J connectivity index is 2.53. The summed E-state index contributed by atoms with van der Waals surface area (Å²) in [6, 6.07) is 6.98. The maximum atomic E-state index is 12.2. The number of aliphatic hydroxyl groups is 1. The molecular weight excluding hydrogens is 271 g/mol. The van der Waals surface area contributed by atoms with Gasteiger partial charge in [-0.05, 0) is 13.0 Å². The van der Waals surface area contributed by atoms with Crippen molar-refractivity contribution in [3.63, 3.8) is 0 Å². The molecule has 0 unspecified atom stereocenters. The number of carbonyl (C=O) groups excluding carboxylic acids is 1. The van der Waals surface area contributed by atoms with Gasteiger partial charge in [-0.3, -0.25) is 4.79 Å². The molecule has 2 aromatic rings. The number of allylic oxidation sites excluding steroid dienone is 1. The van der Waals surface area contributed by atoms with Crippen LogP contribution < -0.4 is 0 Å². The Hall–Kier alpha value is -2.24. The van der Waals surface area contributed by atoms with Crippen LogP contribution in [0.4, 0.5) is 13.2 Å². The maximum absolute atomic E-state index is 12.2. The molecule has 1 aromatic carbocycles. The maximum Gasteiger partial charge on any atom is 0.454 e. The van der Waals surface area contributed by atoms with E-state index in [9.17, 15) is 23.1 Å². The van der Waals surface area contributed by atoms with Gasteiger partial charge in [0.15, 0.2) is 0 Å².